The van der Waals surface area contributed by atoms with Crippen LogP contribution in [-0.2, 0) is 14.1 Å². The van der Waals surface area contributed by atoms with Gasteiger partial charge >= 0.3 is 5.69 Å². The second kappa shape index (κ2) is 5.79. The molecule has 0 amide bonds. The van der Waals surface area contributed by atoms with Crippen molar-refractivity contribution in [2.24, 2.45) is 14.1 Å². The highest BCUT2D eigenvalue weighted by Crippen LogP contribution is 2.20. The van der Waals surface area contributed by atoms with E-state index in [9.17, 15) is 14.7 Å². The first-order chi connectivity index (χ1) is 11.0. The molecule has 23 heavy (non-hydrogen) atoms. The third kappa shape index (κ3) is 2.79. The Morgan fingerprint density at radius 2 is 1.52 bits per heavy atom. The highest BCUT2D eigenvalue weighted by Gasteiger charge is 2.22. The summed E-state index contributed by atoms with van der Waals surface area (Å²) in [7, 11) is 3.00. The van der Waals surface area contributed by atoms with Gasteiger partial charge in [0.05, 0.1) is 0 Å². The highest BCUT2D eigenvalue weighted by atomic mass is 16.3. The van der Waals surface area contributed by atoms with Crippen LogP contribution in [0.2, 0.25) is 0 Å². The van der Waals surface area contributed by atoms with E-state index in [2.05, 4.69) is 10.00 Å². The summed E-state index contributed by atoms with van der Waals surface area (Å²) in [4.78, 5) is 28.0. The molecule has 8 nitrogen and oxygen atoms in total. The smallest absolute Gasteiger partial charge is 0.346 e. The molecule has 8 heteroatoms. The topological polar surface area (TPSA) is 83.6 Å². The average molecular weight is 317 g/mol. The Hall–Kier alpha value is -2.77. The number of aryl methyl sites for hydroxylation is 1. The SMILES string of the molecule is Cn1nc(N2CCN(c3ccc(O)cc3)CC2)c(=O)n(C)c1=O. The molecule has 1 fully saturated rings. The summed E-state index contributed by atoms with van der Waals surface area (Å²) in [5.41, 5.74) is 0.233. The molecule has 122 valence electrons. The molecule has 1 N–H and O–H groups in total. The molecule has 2 heterocycles. The minimum absolute atomic E-state index is 0.241. The predicted molar refractivity (Wildman–Crippen MR) is 87.3 cm³/mol. The summed E-state index contributed by atoms with van der Waals surface area (Å²) < 4.78 is 2.26. The van der Waals surface area contributed by atoms with Gasteiger partial charge in [-0.25, -0.2) is 9.48 Å². The van der Waals surface area contributed by atoms with E-state index in [0.717, 1.165) is 23.3 Å². The second-order valence-corrected chi connectivity index (χ2v) is 5.58. The Balaban J connectivity index is 1.78. The fraction of sp³-hybridized carbons (Fsp3) is 0.400. The Bertz CT molecular complexity index is 816. The number of rotatable bonds is 2. The van der Waals surface area contributed by atoms with Gasteiger partial charge in [-0.3, -0.25) is 9.36 Å². The number of aromatic nitrogens is 3. The van der Waals surface area contributed by atoms with Crippen LogP contribution < -0.4 is 21.0 Å². The maximum absolute atomic E-state index is 12.2. The van der Waals surface area contributed by atoms with Crippen molar-refractivity contribution in [3.8, 4) is 5.75 Å². The summed E-state index contributed by atoms with van der Waals surface area (Å²) in [5.74, 6) is 0.547. The van der Waals surface area contributed by atoms with Crippen molar-refractivity contribution >= 4 is 11.5 Å². The number of hydrogen-bond donors (Lipinski definition) is 1. The van der Waals surface area contributed by atoms with Crippen LogP contribution in [0.1, 0.15) is 0 Å². The fourth-order valence-electron chi connectivity index (χ4n) is 2.72. The van der Waals surface area contributed by atoms with Crippen LogP contribution in [0.15, 0.2) is 33.9 Å². The number of benzene rings is 1. The van der Waals surface area contributed by atoms with Gasteiger partial charge in [0, 0.05) is 46.0 Å². The van der Waals surface area contributed by atoms with E-state index in [-0.39, 0.29) is 11.3 Å². The van der Waals surface area contributed by atoms with E-state index >= 15 is 0 Å². The molecule has 2 aromatic rings. The van der Waals surface area contributed by atoms with Crippen molar-refractivity contribution in [3.63, 3.8) is 0 Å². The lowest BCUT2D eigenvalue weighted by Gasteiger charge is -2.36. The molecule has 3 rings (SSSR count). The van der Waals surface area contributed by atoms with Crippen LogP contribution in [0.4, 0.5) is 11.5 Å². The van der Waals surface area contributed by atoms with E-state index < -0.39 is 5.69 Å². The molecule has 0 saturated carbocycles. The normalized spacial score (nSPS) is 15.0. The van der Waals surface area contributed by atoms with Crippen LogP contribution in [-0.4, -0.2) is 45.6 Å². The van der Waals surface area contributed by atoms with Gasteiger partial charge < -0.3 is 14.9 Å². The fourth-order valence-corrected chi connectivity index (χ4v) is 2.72. The van der Waals surface area contributed by atoms with Crippen molar-refractivity contribution in [2.45, 2.75) is 0 Å². The van der Waals surface area contributed by atoms with E-state index in [0.29, 0.717) is 18.9 Å². The number of phenolic OH excluding ortho intramolecular Hbond substituents is 1. The first-order valence-corrected chi connectivity index (χ1v) is 7.40. The summed E-state index contributed by atoms with van der Waals surface area (Å²) in [6.45, 7) is 2.75. The molecular formula is C15H19N5O3. The highest BCUT2D eigenvalue weighted by molar-refractivity contribution is 5.50. The third-order valence-corrected chi connectivity index (χ3v) is 4.10. The Kier molecular flexibility index (Phi) is 3.81. The van der Waals surface area contributed by atoms with E-state index in [1.165, 1.54) is 18.8 Å². The second-order valence-electron chi connectivity index (χ2n) is 5.58. The van der Waals surface area contributed by atoms with Crippen LogP contribution >= 0.6 is 0 Å². The van der Waals surface area contributed by atoms with Gasteiger partial charge in [-0.15, -0.1) is 5.10 Å². The van der Waals surface area contributed by atoms with E-state index in [1.807, 2.05) is 17.0 Å². The van der Waals surface area contributed by atoms with E-state index in [4.69, 9.17) is 0 Å². The van der Waals surface area contributed by atoms with Crippen LogP contribution in [0.5, 0.6) is 5.75 Å². The molecule has 0 spiro atoms. The lowest BCUT2D eigenvalue weighted by Crippen LogP contribution is -2.50. The van der Waals surface area contributed by atoms with Crippen molar-refractivity contribution in [3.05, 3.63) is 45.1 Å². The number of phenols is 1. The maximum Gasteiger partial charge on any atom is 0.346 e. The van der Waals surface area contributed by atoms with Crippen molar-refractivity contribution in [2.75, 3.05) is 36.0 Å². The van der Waals surface area contributed by atoms with Crippen LogP contribution in [0.3, 0.4) is 0 Å². The predicted octanol–water partition coefficient (Wildman–Crippen LogP) is -0.489. The molecule has 1 aliphatic rings. The molecule has 0 atom stereocenters. The number of anilines is 2. The van der Waals surface area contributed by atoms with Crippen molar-refractivity contribution < 1.29 is 5.11 Å². The number of piperazine rings is 1. The molecule has 1 saturated heterocycles. The first-order valence-electron chi connectivity index (χ1n) is 7.40. The molecule has 0 radical (unpaired) electrons. The van der Waals surface area contributed by atoms with Gasteiger partial charge in [0.25, 0.3) is 5.56 Å². The third-order valence-electron chi connectivity index (χ3n) is 4.10. The Morgan fingerprint density at radius 1 is 0.957 bits per heavy atom. The lowest BCUT2D eigenvalue weighted by atomic mass is 10.2. The Labute approximate surface area is 132 Å². The molecule has 1 aliphatic heterocycles. The summed E-state index contributed by atoms with van der Waals surface area (Å²) in [6, 6.07) is 7.06. The van der Waals surface area contributed by atoms with Gasteiger partial charge in [-0.05, 0) is 24.3 Å². The molecule has 0 bridgehead atoms. The monoisotopic (exact) mass is 317 g/mol. The minimum Gasteiger partial charge on any atom is -0.508 e. The Morgan fingerprint density at radius 3 is 2.13 bits per heavy atom. The van der Waals surface area contributed by atoms with Gasteiger partial charge in [0.15, 0.2) is 0 Å². The van der Waals surface area contributed by atoms with Gasteiger partial charge in [0.1, 0.15) is 5.75 Å². The number of aromatic hydroxyl groups is 1. The summed E-state index contributed by atoms with van der Waals surface area (Å²) in [5, 5.41) is 13.5. The molecule has 0 unspecified atom stereocenters. The van der Waals surface area contributed by atoms with Crippen LogP contribution in [0.25, 0.3) is 0 Å². The zero-order valence-corrected chi connectivity index (χ0v) is 13.1. The first kappa shape index (κ1) is 15.1. The largest absolute Gasteiger partial charge is 0.508 e. The standard InChI is InChI=1S/C15H19N5O3/c1-17-14(22)13(16-18(2)15(17)23)20-9-7-19(8-10-20)11-3-5-12(21)6-4-11/h3-6,21H,7-10H2,1-2H3. The molecular weight excluding hydrogens is 298 g/mol. The minimum atomic E-state index is -0.429. The molecule has 0 aliphatic carbocycles. The summed E-state index contributed by atoms with van der Waals surface area (Å²) in [6.07, 6.45) is 0. The average Bonchev–Trinajstić information content (AvgIpc) is 2.57. The van der Waals surface area contributed by atoms with Crippen LogP contribution in [0, 0.1) is 0 Å². The molecule has 1 aromatic carbocycles. The van der Waals surface area contributed by atoms with Crippen molar-refractivity contribution in [1.29, 1.82) is 0 Å². The summed E-state index contributed by atoms with van der Waals surface area (Å²) >= 11 is 0. The van der Waals surface area contributed by atoms with Gasteiger partial charge in [-0.1, -0.05) is 0 Å². The quantitative estimate of drug-likeness (QED) is 0.805. The van der Waals surface area contributed by atoms with Gasteiger partial charge in [-0.2, -0.15) is 0 Å². The zero-order chi connectivity index (χ0) is 16.6. The van der Waals surface area contributed by atoms with Gasteiger partial charge in [0.2, 0.25) is 5.82 Å². The molecule has 1 aromatic heterocycles. The number of nitrogens with zero attached hydrogens (tertiary/aromatic N) is 5. The lowest BCUT2D eigenvalue weighted by molar-refractivity contribution is 0.475. The van der Waals surface area contributed by atoms with Crippen molar-refractivity contribution in [1.82, 2.24) is 14.3 Å². The number of hydrogen-bond acceptors (Lipinski definition) is 6. The van der Waals surface area contributed by atoms with E-state index in [1.54, 1.807) is 12.1 Å². The zero-order valence-electron chi connectivity index (χ0n) is 13.1. The maximum atomic E-state index is 12.2.